The van der Waals surface area contributed by atoms with Gasteiger partial charge in [0.25, 0.3) is 0 Å². The highest BCUT2D eigenvalue weighted by molar-refractivity contribution is 7.10. The van der Waals surface area contributed by atoms with Crippen LogP contribution in [0, 0.1) is 0 Å². The van der Waals surface area contributed by atoms with E-state index in [1.54, 1.807) is 18.4 Å². The zero-order valence-corrected chi connectivity index (χ0v) is 13.2. The van der Waals surface area contributed by atoms with E-state index >= 15 is 0 Å². The maximum atomic E-state index is 5.74. The molecule has 3 nitrogen and oxygen atoms in total. The fourth-order valence-corrected chi connectivity index (χ4v) is 3.55. The quantitative estimate of drug-likeness (QED) is 0.877. The van der Waals surface area contributed by atoms with Gasteiger partial charge >= 0.3 is 0 Å². The summed E-state index contributed by atoms with van der Waals surface area (Å²) in [6, 6.07) is 8.24. The SMILES string of the molecule is CCC(CC)(OC)c1nc(-c2cccc(CN)c2)cs1. The predicted molar refractivity (Wildman–Crippen MR) is 84.7 cm³/mol. The Bertz CT molecular complexity index is 553. The van der Waals surface area contributed by atoms with Crippen LogP contribution in [0.3, 0.4) is 0 Å². The Morgan fingerprint density at radius 3 is 2.65 bits per heavy atom. The van der Waals surface area contributed by atoms with Crippen LogP contribution in [0.2, 0.25) is 0 Å². The maximum absolute atomic E-state index is 5.74. The number of nitrogens with zero attached hydrogens (tertiary/aromatic N) is 1. The molecule has 0 unspecified atom stereocenters. The number of aromatic nitrogens is 1. The van der Waals surface area contributed by atoms with Crippen LogP contribution in [0.1, 0.15) is 37.3 Å². The molecule has 1 aromatic heterocycles. The molecule has 0 fully saturated rings. The number of benzene rings is 1. The van der Waals surface area contributed by atoms with E-state index in [9.17, 15) is 0 Å². The number of ether oxygens (including phenoxy) is 1. The van der Waals surface area contributed by atoms with Gasteiger partial charge in [0, 0.05) is 24.6 Å². The van der Waals surface area contributed by atoms with E-state index in [4.69, 9.17) is 15.5 Å². The summed E-state index contributed by atoms with van der Waals surface area (Å²) in [6.07, 6.45) is 1.85. The first-order chi connectivity index (χ1) is 9.69. The van der Waals surface area contributed by atoms with Crippen LogP contribution in [0.15, 0.2) is 29.6 Å². The summed E-state index contributed by atoms with van der Waals surface area (Å²) in [4.78, 5) is 4.79. The van der Waals surface area contributed by atoms with Crippen molar-refractivity contribution in [2.24, 2.45) is 5.73 Å². The molecule has 1 aromatic carbocycles. The van der Waals surface area contributed by atoms with Crippen molar-refractivity contribution in [1.29, 1.82) is 0 Å². The van der Waals surface area contributed by atoms with Crippen molar-refractivity contribution in [2.75, 3.05) is 7.11 Å². The van der Waals surface area contributed by atoms with Crippen LogP contribution < -0.4 is 5.73 Å². The van der Waals surface area contributed by atoms with E-state index in [1.807, 2.05) is 12.1 Å². The van der Waals surface area contributed by atoms with Gasteiger partial charge in [0.15, 0.2) is 0 Å². The third kappa shape index (κ3) is 2.77. The molecule has 2 N–H and O–H groups in total. The summed E-state index contributed by atoms with van der Waals surface area (Å²) in [6.45, 7) is 4.84. The Morgan fingerprint density at radius 2 is 2.05 bits per heavy atom. The number of hydrogen-bond acceptors (Lipinski definition) is 4. The summed E-state index contributed by atoms with van der Waals surface area (Å²) >= 11 is 1.67. The van der Waals surface area contributed by atoms with E-state index in [0.717, 1.165) is 34.7 Å². The highest BCUT2D eigenvalue weighted by atomic mass is 32.1. The number of methoxy groups -OCH3 is 1. The van der Waals surface area contributed by atoms with E-state index in [2.05, 4.69) is 31.4 Å². The largest absolute Gasteiger partial charge is 0.371 e. The van der Waals surface area contributed by atoms with Crippen molar-refractivity contribution >= 4 is 11.3 Å². The molecule has 2 rings (SSSR count). The molecular formula is C16H22N2OS. The first kappa shape index (κ1) is 15.2. The Hall–Kier alpha value is -1.23. The van der Waals surface area contributed by atoms with Gasteiger partial charge in [0.1, 0.15) is 10.6 Å². The van der Waals surface area contributed by atoms with Crippen LogP contribution in [0.4, 0.5) is 0 Å². The van der Waals surface area contributed by atoms with E-state index < -0.39 is 0 Å². The lowest BCUT2D eigenvalue weighted by Gasteiger charge is -2.27. The van der Waals surface area contributed by atoms with E-state index in [-0.39, 0.29) is 5.60 Å². The average Bonchev–Trinajstić information content (AvgIpc) is 3.00. The third-order valence-electron chi connectivity index (χ3n) is 3.89. The molecule has 0 amide bonds. The lowest BCUT2D eigenvalue weighted by molar-refractivity contribution is -0.0218. The summed E-state index contributed by atoms with van der Waals surface area (Å²) in [5.41, 5.74) is 8.69. The number of hydrogen-bond donors (Lipinski definition) is 1. The van der Waals surface area contributed by atoms with Crippen LogP contribution >= 0.6 is 11.3 Å². The molecule has 1 heterocycles. The average molecular weight is 290 g/mol. The molecule has 0 radical (unpaired) electrons. The minimum absolute atomic E-state index is 0.256. The number of thiazole rings is 1. The van der Waals surface area contributed by atoms with Crippen LogP contribution in [-0.4, -0.2) is 12.1 Å². The van der Waals surface area contributed by atoms with Gasteiger partial charge in [0.2, 0.25) is 0 Å². The van der Waals surface area contributed by atoms with Crippen molar-refractivity contribution in [3.63, 3.8) is 0 Å². The Balaban J connectivity index is 2.37. The van der Waals surface area contributed by atoms with Crippen molar-refractivity contribution in [1.82, 2.24) is 4.98 Å². The number of rotatable bonds is 6. The van der Waals surface area contributed by atoms with Gasteiger partial charge in [-0.05, 0) is 24.5 Å². The molecule has 0 aliphatic carbocycles. The highest BCUT2D eigenvalue weighted by Gasteiger charge is 2.31. The smallest absolute Gasteiger partial charge is 0.125 e. The minimum Gasteiger partial charge on any atom is -0.371 e. The summed E-state index contributed by atoms with van der Waals surface area (Å²) in [5, 5.41) is 3.16. The Labute approximate surface area is 124 Å². The Morgan fingerprint density at radius 1 is 1.30 bits per heavy atom. The fraction of sp³-hybridized carbons (Fsp3) is 0.438. The second-order valence-corrected chi connectivity index (χ2v) is 5.71. The molecule has 108 valence electrons. The van der Waals surface area contributed by atoms with Gasteiger partial charge in [-0.1, -0.05) is 32.0 Å². The predicted octanol–water partition coefficient (Wildman–Crippen LogP) is 3.93. The second kappa shape index (κ2) is 6.48. The van der Waals surface area contributed by atoms with Gasteiger partial charge in [-0.2, -0.15) is 0 Å². The van der Waals surface area contributed by atoms with Crippen molar-refractivity contribution < 1.29 is 4.74 Å². The van der Waals surface area contributed by atoms with Crippen LogP contribution in [0.25, 0.3) is 11.3 Å². The standard InChI is InChI=1S/C16H22N2OS/c1-4-16(5-2,19-3)15-18-14(11-20-15)13-8-6-7-12(9-13)10-17/h6-9,11H,4-5,10,17H2,1-3H3. The molecule has 2 aromatic rings. The first-order valence-corrected chi connectivity index (χ1v) is 7.87. The monoisotopic (exact) mass is 290 g/mol. The molecule has 0 bridgehead atoms. The summed E-state index contributed by atoms with van der Waals surface area (Å²) < 4.78 is 5.74. The summed E-state index contributed by atoms with van der Waals surface area (Å²) in [7, 11) is 1.77. The maximum Gasteiger partial charge on any atom is 0.125 e. The molecule has 0 saturated carbocycles. The van der Waals surface area contributed by atoms with Crippen LogP contribution in [-0.2, 0) is 16.9 Å². The molecule has 0 aliphatic heterocycles. The van der Waals surface area contributed by atoms with Crippen molar-refractivity contribution in [3.8, 4) is 11.3 Å². The molecule has 0 atom stereocenters. The van der Waals surface area contributed by atoms with Crippen molar-refractivity contribution in [3.05, 3.63) is 40.2 Å². The Kier molecular flexibility index (Phi) is 4.91. The molecule has 0 spiro atoms. The molecular weight excluding hydrogens is 268 g/mol. The van der Waals surface area contributed by atoms with Crippen LogP contribution in [0.5, 0.6) is 0 Å². The molecule has 4 heteroatoms. The van der Waals surface area contributed by atoms with Gasteiger partial charge in [-0.25, -0.2) is 4.98 Å². The normalized spacial score (nSPS) is 11.8. The van der Waals surface area contributed by atoms with Gasteiger partial charge < -0.3 is 10.5 Å². The first-order valence-electron chi connectivity index (χ1n) is 6.99. The van der Waals surface area contributed by atoms with E-state index in [1.165, 1.54) is 0 Å². The lowest BCUT2D eigenvalue weighted by atomic mass is 9.98. The zero-order valence-electron chi connectivity index (χ0n) is 12.3. The van der Waals surface area contributed by atoms with Gasteiger partial charge in [-0.3, -0.25) is 0 Å². The van der Waals surface area contributed by atoms with Gasteiger partial charge in [0.05, 0.1) is 5.69 Å². The zero-order chi connectivity index (χ0) is 14.6. The minimum atomic E-state index is -0.256. The molecule has 0 saturated heterocycles. The second-order valence-electron chi connectivity index (χ2n) is 4.85. The van der Waals surface area contributed by atoms with E-state index in [0.29, 0.717) is 6.54 Å². The summed E-state index contributed by atoms with van der Waals surface area (Å²) in [5.74, 6) is 0. The topological polar surface area (TPSA) is 48.1 Å². The fourth-order valence-electron chi connectivity index (χ4n) is 2.40. The lowest BCUT2D eigenvalue weighted by Crippen LogP contribution is -2.26. The number of nitrogens with two attached hydrogens (primary N) is 1. The van der Waals surface area contributed by atoms with Gasteiger partial charge in [-0.15, -0.1) is 11.3 Å². The molecule has 20 heavy (non-hydrogen) atoms. The third-order valence-corrected chi connectivity index (χ3v) is 4.91. The van der Waals surface area contributed by atoms with Crippen molar-refractivity contribution in [2.45, 2.75) is 38.8 Å². The molecule has 0 aliphatic rings. The highest BCUT2D eigenvalue weighted by Crippen LogP contribution is 2.36.